The number of rotatable bonds is 7. The van der Waals surface area contributed by atoms with Gasteiger partial charge in [0.15, 0.2) is 0 Å². The summed E-state index contributed by atoms with van der Waals surface area (Å²) in [4.78, 5) is 0. The zero-order chi connectivity index (χ0) is 17.6. The molecule has 0 bridgehead atoms. The van der Waals surface area contributed by atoms with E-state index in [0.29, 0.717) is 12.0 Å². The van der Waals surface area contributed by atoms with Crippen molar-refractivity contribution in [1.82, 2.24) is 0 Å². The van der Waals surface area contributed by atoms with Crippen LogP contribution in [0.1, 0.15) is 91.0 Å². The molecule has 24 heavy (non-hydrogen) atoms. The summed E-state index contributed by atoms with van der Waals surface area (Å²) in [5.41, 5.74) is 1.57. The maximum absolute atomic E-state index is 6.35. The van der Waals surface area contributed by atoms with E-state index in [2.05, 4.69) is 58.9 Å². The molecule has 1 saturated carbocycles. The van der Waals surface area contributed by atoms with E-state index in [1.165, 1.54) is 37.7 Å². The van der Waals surface area contributed by atoms with Crippen molar-refractivity contribution in [2.45, 2.75) is 97.9 Å². The molecule has 0 heterocycles. The first kappa shape index (κ1) is 19.3. The average Bonchev–Trinajstić information content (AvgIpc) is 2.54. The van der Waals surface area contributed by atoms with Crippen molar-refractivity contribution in [3.63, 3.8) is 0 Å². The summed E-state index contributed by atoms with van der Waals surface area (Å²) in [6, 6.07) is 8.58. The van der Waals surface area contributed by atoms with Crippen LogP contribution in [-0.4, -0.2) is 12.4 Å². The first-order chi connectivity index (χ1) is 11.4. The number of hydrogen-bond acceptors (Lipinski definition) is 2. The molecule has 1 aliphatic rings. The van der Waals surface area contributed by atoms with E-state index in [0.717, 1.165) is 18.6 Å². The second kappa shape index (κ2) is 8.89. The highest BCUT2D eigenvalue weighted by molar-refractivity contribution is 5.29. The summed E-state index contributed by atoms with van der Waals surface area (Å²) in [5.74, 6) is 1.52. The molecule has 2 unspecified atom stereocenters. The molecule has 2 atom stereocenters. The van der Waals surface area contributed by atoms with Crippen molar-refractivity contribution in [2.24, 2.45) is 5.41 Å². The number of ether oxygens (including phenoxy) is 2. The van der Waals surface area contributed by atoms with Gasteiger partial charge in [-0.05, 0) is 48.3 Å². The fraction of sp³-hybridized carbons (Fsp3) is 0.727. The van der Waals surface area contributed by atoms with Crippen LogP contribution in [0.2, 0.25) is 0 Å². The van der Waals surface area contributed by atoms with Gasteiger partial charge in [0.2, 0.25) is 6.29 Å². The van der Waals surface area contributed by atoms with Crippen LogP contribution in [0.4, 0.5) is 0 Å². The highest BCUT2D eigenvalue weighted by Gasteiger charge is 2.25. The van der Waals surface area contributed by atoms with E-state index >= 15 is 0 Å². The van der Waals surface area contributed by atoms with Gasteiger partial charge in [0.25, 0.3) is 0 Å². The third-order valence-electron chi connectivity index (χ3n) is 5.00. The van der Waals surface area contributed by atoms with E-state index in [1.54, 1.807) is 0 Å². The predicted octanol–water partition coefficient (Wildman–Crippen LogP) is 6.69. The van der Waals surface area contributed by atoms with Gasteiger partial charge in [-0.1, -0.05) is 66.0 Å². The maximum Gasteiger partial charge on any atom is 0.200 e. The van der Waals surface area contributed by atoms with Gasteiger partial charge >= 0.3 is 0 Å². The molecule has 1 aromatic rings. The zero-order valence-corrected chi connectivity index (χ0v) is 16.3. The van der Waals surface area contributed by atoms with Gasteiger partial charge in [0.05, 0.1) is 6.10 Å². The molecule has 0 aromatic heterocycles. The first-order valence-electron chi connectivity index (χ1n) is 9.79. The van der Waals surface area contributed by atoms with E-state index in [4.69, 9.17) is 9.47 Å². The Morgan fingerprint density at radius 2 is 1.67 bits per heavy atom. The summed E-state index contributed by atoms with van der Waals surface area (Å²) in [6.07, 6.45) is 8.57. The fourth-order valence-corrected chi connectivity index (χ4v) is 3.30. The molecule has 136 valence electrons. The third-order valence-corrected chi connectivity index (χ3v) is 5.00. The third kappa shape index (κ3) is 6.47. The fourth-order valence-electron chi connectivity index (χ4n) is 3.30. The summed E-state index contributed by atoms with van der Waals surface area (Å²) >= 11 is 0. The van der Waals surface area contributed by atoms with Crippen molar-refractivity contribution in [2.75, 3.05) is 0 Å². The minimum absolute atomic E-state index is 0.150. The molecule has 1 fully saturated rings. The lowest BCUT2D eigenvalue weighted by Gasteiger charge is -2.31. The quantitative estimate of drug-likeness (QED) is 0.518. The van der Waals surface area contributed by atoms with E-state index in [-0.39, 0.29) is 11.7 Å². The maximum atomic E-state index is 6.35. The molecular formula is C22H36O2. The molecule has 0 saturated heterocycles. The first-order valence-corrected chi connectivity index (χ1v) is 9.79. The van der Waals surface area contributed by atoms with Crippen LogP contribution < -0.4 is 4.74 Å². The largest absolute Gasteiger partial charge is 0.465 e. The average molecular weight is 333 g/mol. The van der Waals surface area contributed by atoms with E-state index in [9.17, 15) is 0 Å². The Hall–Kier alpha value is -1.02. The van der Waals surface area contributed by atoms with Crippen LogP contribution in [0.3, 0.4) is 0 Å². The SMILES string of the molecule is CCC(C)c1ccc(OC(CC(C)(C)C)OC2CCCCC2)cc1. The molecule has 0 N–H and O–H groups in total. The second-order valence-electron chi connectivity index (χ2n) is 8.59. The van der Waals surface area contributed by atoms with E-state index < -0.39 is 0 Å². The topological polar surface area (TPSA) is 18.5 Å². The van der Waals surface area contributed by atoms with Gasteiger partial charge < -0.3 is 9.47 Å². The standard InChI is InChI=1S/C22H36O2/c1-6-17(2)18-12-14-20(15-13-18)24-21(16-22(3,4)5)23-19-10-8-7-9-11-19/h12-15,17,19,21H,6-11,16H2,1-5H3. The molecule has 1 aliphatic carbocycles. The van der Waals surface area contributed by atoms with Crippen LogP contribution in [0.25, 0.3) is 0 Å². The van der Waals surface area contributed by atoms with Crippen molar-refractivity contribution in [1.29, 1.82) is 0 Å². The van der Waals surface area contributed by atoms with E-state index in [1.807, 2.05) is 0 Å². The summed E-state index contributed by atoms with van der Waals surface area (Å²) < 4.78 is 12.6. The van der Waals surface area contributed by atoms with Crippen molar-refractivity contribution >= 4 is 0 Å². The Morgan fingerprint density at radius 3 is 2.21 bits per heavy atom. The molecule has 0 radical (unpaired) electrons. The molecule has 2 nitrogen and oxygen atoms in total. The Bertz CT molecular complexity index is 466. The summed E-state index contributed by atoms with van der Waals surface area (Å²) in [5, 5.41) is 0. The number of hydrogen-bond donors (Lipinski definition) is 0. The summed E-state index contributed by atoms with van der Waals surface area (Å²) in [7, 11) is 0. The normalized spacial score (nSPS) is 19.0. The van der Waals surface area contributed by atoms with Crippen molar-refractivity contribution < 1.29 is 9.47 Å². The minimum atomic E-state index is -0.150. The van der Waals surface area contributed by atoms with Crippen LogP contribution in [-0.2, 0) is 4.74 Å². The molecule has 2 rings (SSSR count). The van der Waals surface area contributed by atoms with Gasteiger partial charge in [-0.2, -0.15) is 0 Å². The molecular weight excluding hydrogens is 296 g/mol. The lowest BCUT2D eigenvalue weighted by atomic mass is 9.91. The van der Waals surface area contributed by atoms with Gasteiger partial charge in [-0.25, -0.2) is 0 Å². The molecule has 1 aromatic carbocycles. The van der Waals surface area contributed by atoms with Crippen molar-refractivity contribution in [3.05, 3.63) is 29.8 Å². The molecule has 0 spiro atoms. The smallest absolute Gasteiger partial charge is 0.200 e. The van der Waals surface area contributed by atoms with Crippen LogP contribution >= 0.6 is 0 Å². The van der Waals surface area contributed by atoms with Crippen molar-refractivity contribution in [3.8, 4) is 5.75 Å². The second-order valence-corrected chi connectivity index (χ2v) is 8.59. The highest BCUT2D eigenvalue weighted by Crippen LogP contribution is 2.29. The Balaban J connectivity index is 2.00. The number of benzene rings is 1. The van der Waals surface area contributed by atoms with Crippen LogP contribution in [0.5, 0.6) is 5.75 Å². The lowest BCUT2D eigenvalue weighted by Crippen LogP contribution is -2.32. The summed E-state index contributed by atoms with van der Waals surface area (Å²) in [6.45, 7) is 11.2. The Labute approximate surface area is 148 Å². The Morgan fingerprint density at radius 1 is 1.04 bits per heavy atom. The van der Waals surface area contributed by atoms with Gasteiger partial charge in [-0.15, -0.1) is 0 Å². The van der Waals surface area contributed by atoms with Gasteiger partial charge in [0.1, 0.15) is 5.75 Å². The minimum Gasteiger partial charge on any atom is -0.465 e. The van der Waals surface area contributed by atoms with Gasteiger partial charge in [0, 0.05) is 6.42 Å². The van der Waals surface area contributed by atoms with Crippen LogP contribution in [0, 0.1) is 5.41 Å². The van der Waals surface area contributed by atoms with Gasteiger partial charge in [-0.3, -0.25) is 0 Å². The highest BCUT2D eigenvalue weighted by atomic mass is 16.7. The Kier molecular flexibility index (Phi) is 7.16. The molecule has 2 heteroatoms. The lowest BCUT2D eigenvalue weighted by molar-refractivity contribution is -0.142. The monoisotopic (exact) mass is 332 g/mol. The predicted molar refractivity (Wildman–Crippen MR) is 102 cm³/mol. The zero-order valence-electron chi connectivity index (χ0n) is 16.3. The molecule has 0 aliphatic heterocycles. The van der Waals surface area contributed by atoms with Crippen LogP contribution in [0.15, 0.2) is 24.3 Å². The molecule has 0 amide bonds.